The van der Waals surface area contributed by atoms with Crippen LogP contribution in [0.3, 0.4) is 0 Å². The van der Waals surface area contributed by atoms with Crippen molar-refractivity contribution in [1.29, 1.82) is 0 Å². The molecule has 2 aliphatic heterocycles. The number of carbonyl (C=O) groups excluding carboxylic acids is 2. The highest BCUT2D eigenvalue weighted by atomic mass is 32.2. The van der Waals surface area contributed by atoms with Crippen LogP contribution in [0.15, 0.2) is 41.1 Å². The summed E-state index contributed by atoms with van der Waals surface area (Å²) < 4.78 is 7.86. The summed E-state index contributed by atoms with van der Waals surface area (Å²) in [4.78, 5) is 53.1. The maximum atomic E-state index is 13.1. The van der Waals surface area contributed by atoms with Crippen LogP contribution in [-0.2, 0) is 32.3 Å². The zero-order valence-corrected chi connectivity index (χ0v) is 22.0. The molecule has 0 aromatic carbocycles. The van der Waals surface area contributed by atoms with Crippen LogP contribution >= 0.6 is 23.3 Å². The summed E-state index contributed by atoms with van der Waals surface area (Å²) in [7, 11) is 0. The number of carboxylic acid groups (broad SMARTS) is 1. The van der Waals surface area contributed by atoms with Gasteiger partial charge in [-0.2, -0.15) is 9.36 Å². The molecule has 38 heavy (non-hydrogen) atoms. The fourth-order valence-corrected chi connectivity index (χ4v) is 6.10. The number of nitrogens with two attached hydrogens (primary N) is 1. The molecule has 16 heteroatoms. The van der Waals surface area contributed by atoms with Gasteiger partial charge in [0, 0.05) is 29.4 Å². The molecule has 3 aromatic heterocycles. The molecule has 4 N–H and O–H groups in total. The molecule has 1 fully saturated rings. The van der Waals surface area contributed by atoms with E-state index < -0.39 is 29.2 Å². The number of nitrogens with zero attached hydrogens (tertiary/aromatic N) is 7. The molecule has 2 aliphatic rings. The fraction of sp³-hybridized carbons (Fsp3) is 0.364. The molecule has 5 rings (SSSR count). The lowest BCUT2D eigenvalue weighted by atomic mass is 10.0. The van der Waals surface area contributed by atoms with Crippen molar-refractivity contribution >= 4 is 63.1 Å². The van der Waals surface area contributed by atoms with E-state index in [0.29, 0.717) is 11.3 Å². The number of carboxylic acids is 1. The Labute approximate surface area is 224 Å². The number of fused-ring (bicyclic) bond motifs is 2. The van der Waals surface area contributed by atoms with Crippen molar-refractivity contribution in [3.8, 4) is 0 Å². The molecular formula is C22H24N9O5S2+. The van der Waals surface area contributed by atoms with E-state index in [-0.39, 0.29) is 35.5 Å². The number of aromatic nitrogens is 5. The van der Waals surface area contributed by atoms with E-state index in [9.17, 15) is 19.5 Å². The van der Waals surface area contributed by atoms with Gasteiger partial charge in [0.25, 0.3) is 11.8 Å². The van der Waals surface area contributed by atoms with Crippen LogP contribution in [0.25, 0.3) is 11.2 Å². The van der Waals surface area contributed by atoms with Crippen molar-refractivity contribution < 1.29 is 28.9 Å². The molecule has 5 heterocycles. The fourth-order valence-electron chi connectivity index (χ4n) is 4.33. The molecule has 0 spiro atoms. The molecule has 1 saturated heterocycles. The van der Waals surface area contributed by atoms with Gasteiger partial charge in [-0.05, 0) is 31.0 Å². The van der Waals surface area contributed by atoms with Gasteiger partial charge in [0.05, 0.1) is 6.20 Å². The van der Waals surface area contributed by atoms with Gasteiger partial charge in [-0.15, -0.1) is 11.8 Å². The maximum Gasteiger partial charge on any atom is 0.352 e. The first-order valence-electron chi connectivity index (χ1n) is 11.7. The smallest absolute Gasteiger partial charge is 0.352 e. The van der Waals surface area contributed by atoms with Crippen molar-refractivity contribution in [2.45, 2.75) is 38.4 Å². The summed E-state index contributed by atoms with van der Waals surface area (Å²) in [5.74, 6) is -2.15. The second-order valence-electron chi connectivity index (χ2n) is 8.31. The molecule has 3 aromatic rings. The minimum absolute atomic E-state index is 0.0245. The van der Waals surface area contributed by atoms with E-state index in [4.69, 9.17) is 10.6 Å². The van der Waals surface area contributed by atoms with Gasteiger partial charge in [-0.1, -0.05) is 5.16 Å². The maximum absolute atomic E-state index is 13.1. The number of oxime groups is 1. The minimum Gasteiger partial charge on any atom is -0.477 e. The average Bonchev–Trinajstić information content (AvgIpc) is 3.53. The van der Waals surface area contributed by atoms with E-state index in [0.717, 1.165) is 29.2 Å². The lowest BCUT2D eigenvalue weighted by molar-refractivity contribution is -0.664. The largest absolute Gasteiger partial charge is 0.477 e. The third-order valence-corrected chi connectivity index (χ3v) is 7.92. The van der Waals surface area contributed by atoms with Crippen molar-refractivity contribution in [2.75, 3.05) is 18.1 Å². The lowest BCUT2D eigenvalue weighted by Gasteiger charge is -2.49. The lowest BCUT2D eigenvalue weighted by Crippen LogP contribution is -2.71. The van der Waals surface area contributed by atoms with Gasteiger partial charge in [0.2, 0.25) is 17.9 Å². The van der Waals surface area contributed by atoms with Crippen LogP contribution in [0.5, 0.6) is 0 Å². The summed E-state index contributed by atoms with van der Waals surface area (Å²) in [5, 5.41) is 16.0. The highest BCUT2D eigenvalue weighted by molar-refractivity contribution is 8.00. The topological polar surface area (TPSA) is 182 Å². The molecule has 2 atom stereocenters. The molecule has 198 valence electrons. The first-order chi connectivity index (χ1) is 18.3. The zero-order chi connectivity index (χ0) is 27.0. The van der Waals surface area contributed by atoms with E-state index in [1.807, 2.05) is 34.4 Å². The Morgan fingerprint density at radius 1 is 1.39 bits per heavy atom. The Kier molecular flexibility index (Phi) is 6.98. The molecule has 14 nitrogen and oxygen atoms in total. The number of thioether (sulfide) groups is 1. The number of carbonyl (C=O) groups is 3. The van der Waals surface area contributed by atoms with Crippen LogP contribution in [0.4, 0.5) is 5.13 Å². The van der Waals surface area contributed by atoms with E-state index in [1.165, 1.54) is 16.7 Å². The first kappa shape index (κ1) is 25.6. The van der Waals surface area contributed by atoms with Gasteiger partial charge in [0.1, 0.15) is 35.8 Å². The minimum atomic E-state index is -1.21. The number of imidazole rings is 1. The Bertz CT molecular complexity index is 1500. The summed E-state index contributed by atoms with van der Waals surface area (Å²) in [6, 6.07) is 2.87. The molecule has 0 bridgehead atoms. The predicted molar refractivity (Wildman–Crippen MR) is 138 cm³/mol. The molecule has 2 amide bonds. The van der Waals surface area contributed by atoms with E-state index >= 15 is 0 Å². The van der Waals surface area contributed by atoms with Crippen molar-refractivity contribution in [2.24, 2.45) is 5.16 Å². The van der Waals surface area contributed by atoms with E-state index in [2.05, 4.69) is 24.8 Å². The zero-order valence-electron chi connectivity index (χ0n) is 20.4. The highest BCUT2D eigenvalue weighted by Crippen LogP contribution is 2.40. The summed E-state index contributed by atoms with van der Waals surface area (Å²) in [6.07, 6.45) is 3.57. The van der Waals surface area contributed by atoms with Gasteiger partial charge < -0.3 is 25.6 Å². The number of nitrogens with one attached hydrogen (secondary N) is 1. The number of pyridine rings is 1. The van der Waals surface area contributed by atoms with Crippen LogP contribution in [0, 0.1) is 0 Å². The standard InChI is InChI=1S/C22H23N9O5S2/c1-3-29-10-24-17-12(29)6-5-7-30(17)8-11-9-37-20-14(19(33)31(20)15(11)21(34)35)25-18(32)13(27-36-4-2)16-26-22(23)38-28-16/h5-7,10,14,20H,3-4,8-9H2,1-2H3,(H3-,23,25,26,28,32,34,35)/p+1/b27-13-. The molecule has 2 unspecified atom stereocenters. The average molecular weight is 559 g/mol. The summed E-state index contributed by atoms with van der Waals surface area (Å²) >= 11 is 2.26. The highest BCUT2D eigenvalue weighted by Gasteiger charge is 2.54. The number of amides is 2. The Hall–Kier alpha value is -4.05. The number of β-lactam (4-membered cyclic amide) rings is 1. The van der Waals surface area contributed by atoms with Crippen LogP contribution < -0.4 is 15.6 Å². The number of aryl methyl sites for hydroxylation is 1. The number of hydrogen-bond donors (Lipinski definition) is 3. The molecule has 0 aliphatic carbocycles. The van der Waals surface area contributed by atoms with Crippen molar-refractivity contribution in [3.63, 3.8) is 0 Å². The monoisotopic (exact) mass is 558 g/mol. The number of aliphatic carboxylic acids is 1. The summed E-state index contributed by atoms with van der Waals surface area (Å²) in [5.41, 5.74) is 7.54. The van der Waals surface area contributed by atoms with Crippen LogP contribution in [0.2, 0.25) is 0 Å². The first-order valence-corrected chi connectivity index (χ1v) is 13.5. The third-order valence-electron chi connectivity index (χ3n) is 6.04. The molecule has 0 saturated carbocycles. The van der Waals surface area contributed by atoms with Gasteiger partial charge in [-0.25, -0.2) is 9.36 Å². The number of rotatable bonds is 9. The van der Waals surface area contributed by atoms with E-state index in [1.54, 1.807) is 13.3 Å². The Balaban J connectivity index is 1.38. The summed E-state index contributed by atoms with van der Waals surface area (Å²) in [6.45, 7) is 4.91. The third kappa shape index (κ3) is 4.45. The Morgan fingerprint density at radius 2 is 2.21 bits per heavy atom. The number of nitrogen functional groups attached to an aromatic ring is 1. The van der Waals surface area contributed by atoms with Gasteiger partial charge in [-0.3, -0.25) is 14.5 Å². The van der Waals surface area contributed by atoms with Crippen LogP contribution in [0.1, 0.15) is 19.7 Å². The Morgan fingerprint density at radius 3 is 2.89 bits per heavy atom. The second-order valence-corrected chi connectivity index (χ2v) is 10.2. The SMILES string of the molecule is CCO/N=C(\C(=O)NC1C(=O)N2C(C(=O)O)=C(C[n+]3cccc4c3ncn4CC)CSC12)c1nsc(N)n1. The quantitative estimate of drug-likeness (QED) is 0.139. The van der Waals surface area contributed by atoms with Gasteiger partial charge in [0.15, 0.2) is 5.13 Å². The number of hydrogen-bond acceptors (Lipinski definition) is 11. The normalized spacial score (nSPS) is 19.4. The van der Waals surface area contributed by atoms with Crippen molar-refractivity contribution in [1.82, 2.24) is 29.1 Å². The molecule has 0 radical (unpaired) electrons. The van der Waals surface area contributed by atoms with Gasteiger partial charge >= 0.3 is 11.6 Å². The van der Waals surface area contributed by atoms with Crippen molar-refractivity contribution in [3.05, 3.63) is 41.8 Å². The number of anilines is 1. The molecular weight excluding hydrogens is 534 g/mol. The second kappa shape index (κ2) is 10.4. The van der Waals surface area contributed by atoms with Crippen LogP contribution in [-0.4, -0.2) is 76.2 Å². The predicted octanol–water partition coefficient (Wildman–Crippen LogP) is -0.0432.